The molecule has 4 atom stereocenters. The standard InChI is InChI=1S/C14H20N2O6/c1-7-11(17)9(13(19)20)5-15(7)3-4-16-6-10(14(21)22)12(18)8(16)2/h7-10H,3-6H2,1-2H3,(H,19,20)(H,21,22). The summed E-state index contributed by atoms with van der Waals surface area (Å²) in [4.78, 5) is 49.2. The van der Waals surface area contributed by atoms with Gasteiger partial charge in [0.25, 0.3) is 0 Å². The second-order valence-corrected chi connectivity index (χ2v) is 5.93. The summed E-state index contributed by atoms with van der Waals surface area (Å²) in [5, 5.41) is 18.0. The molecule has 4 unspecified atom stereocenters. The molecule has 0 aliphatic carbocycles. The lowest BCUT2D eigenvalue weighted by molar-refractivity contribution is -0.146. The molecule has 2 aliphatic rings. The Kier molecular flexibility index (Phi) is 4.62. The highest BCUT2D eigenvalue weighted by Crippen LogP contribution is 2.22. The SMILES string of the molecule is CC1C(=O)C(C(=O)O)CN1CCN1CC(C(=O)O)C(=O)C1C. The molecule has 0 saturated carbocycles. The number of likely N-dealkylation sites (tertiary alicyclic amines) is 2. The minimum absolute atomic E-state index is 0.161. The molecular weight excluding hydrogens is 292 g/mol. The van der Waals surface area contributed by atoms with Crippen LogP contribution in [0.3, 0.4) is 0 Å². The molecule has 0 amide bonds. The number of rotatable bonds is 5. The quantitative estimate of drug-likeness (QED) is 0.617. The first-order valence-corrected chi connectivity index (χ1v) is 7.25. The van der Waals surface area contributed by atoms with Gasteiger partial charge in [0.1, 0.15) is 11.8 Å². The number of hydrogen-bond donors (Lipinski definition) is 2. The maximum Gasteiger partial charge on any atom is 0.315 e. The summed E-state index contributed by atoms with van der Waals surface area (Å²) in [5.74, 6) is -4.84. The van der Waals surface area contributed by atoms with Gasteiger partial charge in [-0.15, -0.1) is 0 Å². The molecule has 0 spiro atoms. The second kappa shape index (κ2) is 6.13. The fourth-order valence-corrected chi connectivity index (χ4v) is 3.13. The average Bonchev–Trinajstić information content (AvgIpc) is 2.89. The van der Waals surface area contributed by atoms with Crippen molar-refractivity contribution in [1.29, 1.82) is 0 Å². The summed E-state index contributed by atoms with van der Waals surface area (Å²) in [6.45, 7) is 4.52. The van der Waals surface area contributed by atoms with Crippen molar-refractivity contribution < 1.29 is 29.4 Å². The molecular formula is C14H20N2O6. The number of aliphatic carboxylic acids is 2. The highest BCUT2D eigenvalue weighted by atomic mass is 16.4. The number of carboxylic acid groups (broad SMARTS) is 2. The molecule has 2 aliphatic heterocycles. The fraction of sp³-hybridized carbons (Fsp3) is 0.714. The van der Waals surface area contributed by atoms with Gasteiger partial charge in [0.05, 0.1) is 12.1 Å². The van der Waals surface area contributed by atoms with Crippen LogP contribution in [-0.4, -0.2) is 81.8 Å². The van der Waals surface area contributed by atoms with Crippen LogP contribution in [0.4, 0.5) is 0 Å². The largest absolute Gasteiger partial charge is 0.481 e. The van der Waals surface area contributed by atoms with Gasteiger partial charge in [-0.3, -0.25) is 29.0 Å². The molecule has 8 nitrogen and oxygen atoms in total. The number of carboxylic acids is 2. The van der Waals surface area contributed by atoms with Crippen molar-refractivity contribution in [3.8, 4) is 0 Å². The Morgan fingerprint density at radius 3 is 1.45 bits per heavy atom. The Hall–Kier alpha value is -1.80. The number of ketones is 2. The lowest BCUT2D eigenvalue weighted by Gasteiger charge is -2.25. The van der Waals surface area contributed by atoms with Crippen molar-refractivity contribution in [1.82, 2.24) is 9.80 Å². The Morgan fingerprint density at radius 2 is 1.23 bits per heavy atom. The summed E-state index contributed by atoms with van der Waals surface area (Å²) >= 11 is 0. The Morgan fingerprint density at radius 1 is 0.909 bits per heavy atom. The molecule has 8 heteroatoms. The minimum Gasteiger partial charge on any atom is -0.481 e. The lowest BCUT2D eigenvalue weighted by Crippen LogP contribution is -2.40. The minimum atomic E-state index is -1.12. The third-order valence-electron chi connectivity index (χ3n) is 4.71. The third-order valence-corrected chi connectivity index (χ3v) is 4.71. The van der Waals surface area contributed by atoms with Crippen LogP contribution in [0.1, 0.15) is 13.8 Å². The number of Topliss-reactive ketones (excluding diaryl/α,β-unsaturated/α-hetero) is 2. The van der Waals surface area contributed by atoms with Crippen molar-refractivity contribution in [3.63, 3.8) is 0 Å². The van der Waals surface area contributed by atoms with E-state index in [1.54, 1.807) is 23.6 Å². The summed E-state index contributed by atoms with van der Waals surface area (Å²) in [6.07, 6.45) is 0. The highest BCUT2D eigenvalue weighted by Gasteiger charge is 2.44. The maximum absolute atomic E-state index is 11.8. The molecule has 122 valence electrons. The Labute approximate surface area is 127 Å². The fourth-order valence-electron chi connectivity index (χ4n) is 3.13. The molecule has 0 aromatic rings. The predicted octanol–water partition coefficient (Wildman–Crippen LogP) is -1.07. The normalized spacial score (nSPS) is 33.5. The van der Waals surface area contributed by atoms with Crippen LogP contribution in [0.15, 0.2) is 0 Å². The van der Waals surface area contributed by atoms with E-state index in [4.69, 9.17) is 10.2 Å². The molecule has 2 saturated heterocycles. The first kappa shape index (κ1) is 16.6. The van der Waals surface area contributed by atoms with E-state index in [1.165, 1.54) is 0 Å². The van der Waals surface area contributed by atoms with Crippen LogP contribution >= 0.6 is 0 Å². The van der Waals surface area contributed by atoms with E-state index in [9.17, 15) is 19.2 Å². The topological polar surface area (TPSA) is 115 Å². The monoisotopic (exact) mass is 312 g/mol. The van der Waals surface area contributed by atoms with Gasteiger partial charge in [0.15, 0.2) is 11.6 Å². The van der Waals surface area contributed by atoms with E-state index < -0.39 is 35.9 Å². The average molecular weight is 312 g/mol. The van der Waals surface area contributed by atoms with Gasteiger partial charge >= 0.3 is 11.9 Å². The molecule has 0 aromatic heterocycles. The zero-order valence-corrected chi connectivity index (χ0v) is 12.6. The number of hydrogen-bond acceptors (Lipinski definition) is 6. The summed E-state index contributed by atoms with van der Waals surface area (Å²) in [5.41, 5.74) is 0. The molecule has 2 heterocycles. The highest BCUT2D eigenvalue weighted by molar-refractivity contribution is 6.03. The van der Waals surface area contributed by atoms with E-state index in [0.717, 1.165) is 0 Å². The first-order valence-electron chi connectivity index (χ1n) is 7.25. The van der Waals surface area contributed by atoms with Gasteiger partial charge in [-0.2, -0.15) is 0 Å². The lowest BCUT2D eigenvalue weighted by atomic mass is 10.1. The summed E-state index contributed by atoms with van der Waals surface area (Å²) in [7, 11) is 0. The predicted molar refractivity (Wildman–Crippen MR) is 74.3 cm³/mol. The molecule has 2 rings (SSSR count). The van der Waals surface area contributed by atoms with E-state index in [2.05, 4.69) is 0 Å². The maximum atomic E-state index is 11.8. The Bertz CT molecular complexity index is 473. The van der Waals surface area contributed by atoms with E-state index in [-0.39, 0.29) is 24.7 Å². The second-order valence-electron chi connectivity index (χ2n) is 5.93. The molecule has 22 heavy (non-hydrogen) atoms. The molecule has 2 fully saturated rings. The van der Waals surface area contributed by atoms with E-state index in [1.807, 2.05) is 0 Å². The molecule has 0 radical (unpaired) electrons. The van der Waals surface area contributed by atoms with Crippen molar-refractivity contribution in [2.45, 2.75) is 25.9 Å². The van der Waals surface area contributed by atoms with Gasteiger partial charge in [-0.25, -0.2) is 0 Å². The van der Waals surface area contributed by atoms with Crippen molar-refractivity contribution in [3.05, 3.63) is 0 Å². The van der Waals surface area contributed by atoms with Crippen LogP contribution in [-0.2, 0) is 19.2 Å². The van der Waals surface area contributed by atoms with Crippen molar-refractivity contribution in [2.75, 3.05) is 26.2 Å². The van der Waals surface area contributed by atoms with Crippen LogP contribution in [0, 0.1) is 11.8 Å². The number of carbonyl (C=O) groups excluding carboxylic acids is 2. The molecule has 2 N–H and O–H groups in total. The first-order chi connectivity index (χ1) is 10.2. The van der Waals surface area contributed by atoms with E-state index >= 15 is 0 Å². The van der Waals surface area contributed by atoms with Gasteiger partial charge in [0, 0.05) is 26.2 Å². The zero-order chi connectivity index (χ0) is 16.6. The third kappa shape index (κ3) is 2.89. The number of carbonyl (C=O) groups is 4. The summed E-state index contributed by atoms with van der Waals surface area (Å²) in [6, 6.07) is -0.935. The van der Waals surface area contributed by atoms with Crippen molar-refractivity contribution in [2.24, 2.45) is 11.8 Å². The van der Waals surface area contributed by atoms with Gasteiger partial charge < -0.3 is 10.2 Å². The van der Waals surface area contributed by atoms with Crippen LogP contribution < -0.4 is 0 Å². The van der Waals surface area contributed by atoms with Crippen LogP contribution in [0.5, 0.6) is 0 Å². The van der Waals surface area contributed by atoms with Gasteiger partial charge in [0.2, 0.25) is 0 Å². The zero-order valence-electron chi connectivity index (χ0n) is 12.6. The smallest absolute Gasteiger partial charge is 0.315 e. The summed E-state index contributed by atoms with van der Waals surface area (Å²) < 4.78 is 0. The number of nitrogens with zero attached hydrogens (tertiary/aromatic N) is 2. The van der Waals surface area contributed by atoms with Gasteiger partial charge in [-0.1, -0.05) is 0 Å². The van der Waals surface area contributed by atoms with Crippen molar-refractivity contribution >= 4 is 23.5 Å². The van der Waals surface area contributed by atoms with Crippen LogP contribution in [0.25, 0.3) is 0 Å². The Balaban J connectivity index is 1.94. The molecule has 0 aromatic carbocycles. The van der Waals surface area contributed by atoms with E-state index in [0.29, 0.717) is 13.1 Å². The van der Waals surface area contributed by atoms with Gasteiger partial charge in [-0.05, 0) is 13.8 Å². The van der Waals surface area contributed by atoms with Crippen LogP contribution in [0.2, 0.25) is 0 Å². The molecule has 0 bridgehead atoms.